The molecule has 8 heteroatoms. The summed E-state index contributed by atoms with van der Waals surface area (Å²) in [5, 5.41) is 11.7. The number of thiazole rings is 1. The van der Waals surface area contributed by atoms with E-state index in [0.717, 1.165) is 12.2 Å². The second-order valence-corrected chi connectivity index (χ2v) is 4.96. The molecule has 2 aromatic heterocycles. The van der Waals surface area contributed by atoms with E-state index in [1.807, 2.05) is 11.6 Å². The topological polar surface area (TPSA) is 81.9 Å². The lowest BCUT2D eigenvalue weighted by Crippen LogP contribution is -2.08. The number of hydrogen-bond donors (Lipinski definition) is 1. The molecule has 0 fully saturated rings. The highest BCUT2D eigenvalue weighted by molar-refractivity contribution is 7.17. The molecule has 102 valence electrons. The van der Waals surface area contributed by atoms with Crippen LogP contribution in [0.3, 0.4) is 0 Å². The molecule has 0 spiro atoms. The van der Waals surface area contributed by atoms with Crippen molar-refractivity contribution in [2.75, 3.05) is 19.0 Å². The monoisotopic (exact) mass is 281 g/mol. The van der Waals surface area contributed by atoms with E-state index in [1.165, 1.54) is 18.4 Å². The van der Waals surface area contributed by atoms with Crippen LogP contribution in [0.25, 0.3) is 0 Å². The van der Waals surface area contributed by atoms with Crippen molar-refractivity contribution in [2.45, 2.75) is 13.3 Å². The molecule has 0 atom stereocenters. The van der Waals surface area contributed by atoms with Crippen LogP contribution >= 0.6 is 11.3 Å². The number of anilines is 1. The van der Waals surface area contributed by atoms with Crippen molar-refractivity contribution >= 4 is 22.4 Å². The Labute approximate surface area is 114 Å². The molecular formula is C11H15N5O2S. The van der Waals surface area contributed by atoms with Crippen LogP contribution in [0.4, 0.5) is 5.13 Å². The molecule has 0 unspecified atom stereocenters. The Hall–Kier alpha value is -1.96. The summed E-state index contributed by atoms with van der Waals surface area (Å²) in [5.74, 6) is 0.547. The summed E-state index contributed by atoms with van der Waals surface area (Å²) >= 11 is 1.29. The fraction of sp³-hybridized carbons (Fsp3) is 0.455. The van der Waals surface area contributed by atoms with Gasteiger partial charge >= 0.3 is 5.97 Å². The number of aryl methyl sites for hydroxylation is 2. The zero-order chi connectivity index (χ0) is 13.8. The number of methoxy groups -OCH3 is 1. The second kappa shape index (κ2) is 5.79. The van der Waals surface area contributed by atoms with Crippen molar-refractivity contribution in [3.05, 3.63) is 22.7 Å². The minimum atomic E-state index is -0.351. The van der Waals surface area contributed by atoms with Gasteiger partial charge in [-0.2, -0.15) is 0 Å². The fourth-order valence-electron chi connectivity index (χ4n) is 1.57. The van der Waals surface area contributed by atoms with Gasteiger partial charge in [-0.15, -0.1) is 10.2 Å². The first-order chi connectivity index (χ1) is 9.11. The van der Waals surface area contributed by atoms with Crippen molar-refractivity contribution in [3.63, 3.8) is 0 Å². The first-order valence-corrected chi connectivity index (χ1v) is 6.56. The van der Waals surface area contributed by atoms with Crippen LogP contribution in [0.5, 0.6) is 0 Å². The maximum atomic E-state index is 11.5. The number of aromatic nitrogens is 4. The molecule has 2 rings (SSSR count). The molecule has 0 aliphatic carbocycles. The fourth-order valence-corrected chi connectivity index (χ4v) is 2.48. The van der Waals surface area contributed by atoms with Gasteiger partial charge in [0.25, 0.3) is 0 Å². The van der Waals surface area contributed by atoms with Gasteiger partial charge < -0.3 is 14.6 Å². The van der Waals surface area contributed by atoms with Crippen LogP contribution < -0.4 is 5.32 Å². The Morgan fingerprint density at radius 2 is 2.37 bits per heavy atom. The molecule has 2 heterocycles. The first-order valence-electron chi connectivity index (χ1n) is 5.74. The molecule has 2 aromatic rings. The number of carbonyl (C=O) groups excluding carboxylic acids is 1. The third-order valence-corrected chi connectivity index (χ3v) is 3.69. The van der Waals surface area contributed by atoms with Gasteiger partial charge in [-0.3, -0.25) is 0 Å². The summed E-state index contributed by atoms with van der Waals surface area (Å²) in [5.41, 5.74) is 0.679. The highest BCUT2D eigenvalue weighted by Crippen LogP contribution is 2.23. The lowest BCUT2D eigenvalue weighted by molar-refractivity contribution is 0.0605. The van der Waals surface area contributed by atoms with E-state index in [0.29, 0.717) is 22.2 Å². The Morgan fingerprint density at radius 3 is 3.00 bits per heavy atom. The normalized spacial score (nSPS) is 10.5. The molecule has 0 aromatic carbocycles. The molecule has 19 heavy (non-hydrogen) atoms. The third-order valence-electron chi connectivity index (χ3n) is 2.60. The van der Waals surface area contributed by atoms with Crippen molar-refractivity contribution in [1.82, 2.24) is 19.7 Å². The smallest absolute Gasteiger partial charge is 0.350 e. The zero-order valence-corrected chi connectivity index (χ0v) is 11.8. The number of nitrogens with zero attached hydrogens (tertiary/aromatic N) is 4. The molecular weight excluding hydrogens is 266 g/mol. The largest absolute Gasteiger partial charge is 0.465 e. The van der Waals surface area contributed by atoms with Gasteiger partial charge in [0.1, 0.15) is 17.0 Å². The standard InChI is InChI=1S/C11H15N5O2S/c1-7-9(10(17)18-3)19-11(14-7)12-5-4-8-15-13-6-16(8)2/h6H,4-5H2,1-3H3,(H,12,14). The van der Waals surface area contributed by atoms with Crippen molar-refractivity contribution in [2.24, 2.45) is 7.05 Å². The average Bonchev–Trinajstić information content (AvgIpc) is 2.96. The summed E-state index contributed by atoms with van der Waals surface area (Å²) in [7, 11) is 3.26. The Morgan fingerprint density at radius 1 is 1.58 bits per heavy atom. The lowest BCUT2D eigenvalue weighted by Gasteiger charge is -2.01. The number of ether oxygens (including phenoxy) is 1. The van der Waals surface area contributed by atoms with Gasteiger partial charge in [-0.05, 0) is 6.92 Å². The minimum Gasteiger partial charge on any atom is -0.465 e. The lowest BCUT2D eigenvalue weighted by atomic mass is 10.4. The Balaban J connectivity index is 1.93. The number of nitrogens with one attached hydrogen (secondary N) is 1. The van der Waals surface area contributed by atoms with Crippen molar-refractivity contribution < 1.29 is 9.53 Å². The highest BCUT2D eigenvalue weighted by Gasteiger charge is 2.15. The van der Waals surface area contributed by atoms with E-state index < -0.39 is 0 Å². The molecule has 7 nitrogen and oxygen atoms in total. The Bertz CT molecular complexity index is 577. The van der Waals surface area contributed by atoms with E-state index in [9.17, 15) is 4.79 Å². The Kier molecular flexibility index (Phi) is 4.10. The van der Waals surface area contributed by atoms with Crippen LogP contribution in [-0.4, -0.2) is 39.4 Å². The van der Waals surface area contributed by atoms with E-state index in [4.69, 9.17) is 4.74 Å². The highest BCUT2D eigenvalue weighted by atomic mass is 32.1. The van der Waals surface area contributed by atoms with Gasteiger partial charge in [0.15, 0.2) is 5.13 Å². The summed E-state index contributed by atoms with van der Waals surface area (Å²) in [6.07, 6.45) is 2.40. The maximum Gasteiger partial charge on any atom is 0.350 e. The van der Waals surface area contributed by atoms with Gasteiger partial charge in [0.05, 0.1) is 12.8 Å². The van der Waals surface area contributed by atoms with Crippen LogP contribution in [0.15, 0.2) is 6.33 Å². The number of carbonyl (C=O) groups is 1. The predicted octanol–water partition coefficient (Wildman–Crippen LogP) is 1.02. The maximum absolute atomic E-state index is 11.5. The van der Waals surface area contributed by atoms with E-state index in [1.54, 1.807) is 13.3 Å². The summed E-state index contributed by atoms with van der Waals surface area (Å²) in [6.45, 7) is 2.47. The molecule has 1 N–H and O–H groups in total. The van der Waals surface area contributed by atoms with Gasteiger partial charge in [-0.25, -0.2) is 9.78 Å². The van der Waals surface area contributed by atoms with Crippen LogP contribution in [0.1, 0.15) is 21.2 Å². The van der Waals surface area contributed by atoms with Gasteiger partial charge in [0.2, 0.25) is 0 Å². The second-order valence-electron chi connectivity index (χ2n) is 3.96. The van der Waals surface area contributed by atoms with E-state index >= 15 is 0 Å². The SMILES string of the molecule is COC(=O)c1sc(NCCc2nncn2C)nc1C. The first kappa shape index (κ1) is 13.5. The molecule has 0 radical (unpaired) electrons. The van der Waals surface area contributed by atoms with Gasteiger partial charge in [-0.1, -0.05) is 11.3 Å². The van der Waals surface area contributed by atoms with Gasteiger partial charge in [0, 0.05) is 20.0 Å². The van der Waals surface area contributed by atoms with Crippen LogP contribution in [0.2, 0.25) is 0 Å². The molecule has 0 aliphatic heterocycles. The number of rotatable bonds is 5. The number of hydrogen-bond acceptors (Lipinski definition) is 7. The molecule has 0 bridgehead atoms. The number of esters is 1. The van der Waals surface area contributed by atoms with Crippen LogP contribution in [-0.2, 0) is 18.2 Å². The predicted molar refractivity (Wildman–Crippen MR) is 71.4 cm³/mol. The zero-order valence-electron chi connectivity index (χ0n) is 11.0. The molecule has 0 amide bonds. The van der Waals surface area contributed by atoms with E-state index in [-0.39, 0.29) is 5.97 Å². The molecule has 0 saturated heterocycles. The van der Waals surface area contributed by atoms with Crippen molar-refractivity contribution in [1.29, 1.82) is 0 Å². The van der Waals surface area contributed by atoms with Crippen LogP contribution in [0, 0.1) is 6.92 Å². The molecule has 0 aliphatic rings. The molecule has 0 saturated carbocycles. The quantitative estimate of drug-likeness (QED) is 0.824. The summed E-state index contributed by atoms with van der Waals surface area (Å²) in [4.78, 5) is 16.3. The summed E-state index contributed by atoms with van der Waals surface area (Å²) in [6, 6.07) is 0. The summed E-state index contributed by atoms with van der Waals surface area (Å²) < 4.78 is 6.56. The van der Waals surface area contributed by atoms with Crippen molar-refractivity contribution in [3.8, 4) is 0 Å². The average molecular weight is 281 g/mol. The minimum absolute atomic E-state index is 0.351. The third kappa shape index (κ3) is 3.08. The van der Waals surface area contributed by atoms with E-state index in [2.05, 4.69) is 20.5 Å².